The molecule has 4 aromatic rings. The standard InChI is InChI=1S/C33H35F2N3O7/c1-33(2,3)16-27(44-32(36)40)29-28(30(39)37-17-21-8-10-22(34)15-24(21)35)38-31(45-29)20-9-13-25(42-5)26(14-20)43-18-19-6-11-23(41-4)12-7-19/h6-15,27H,16-18H2,1-5H3,(H2,36,40)(H,37,39)/t27-/m0/s1. The molecule has 0 fully saturated rings. The topological polar surface area (TPSA) is 135 Å². The first-order valence-corrected chi connectivity index (χ1v) is 14.0. The number of methoxy groups -OCH3 is 2. The van der Waals surface area contributed by atoms with Crippen LogP contribution in [-0.4, -0.2) is 31.2 Å². The minimum absolute atomic E-state index is 0.0204. The van der Waals surface area contributed by atoms with Crippen molar-refractivity contribution in [3.05, 3.63) is 94.9 Å². The number of nitrogens with one attached hydrogen (secondary N) is 1. The van der Waals surface area contributed by atoms with Gasteiger partial charge in [-0.25, -0.2) is 18.6 Å². The Morgan fingerprint density at radius 2 is 1.71 bits per heavy atom. The molecular weight excluding hydrogens is 588 g/mol. The molecule has 1 atom stereocenters. The molecule has 2 amide bonds. The molecule has 238 valence electrons. The molecule has 1 heterocycles. The van der Waals surface area contributed by atoms with Gasteiger partial charge >= 0.3 is 6.09 Å². The van der Waals surface area contributed by atoms with Gasteiger partial charge in [-0.3, -0.25) is 4.79 Å². The number of hydrogen-bond donors (Lipinski definition) is 2. The molecule has 1 aromatic heterocycles. The van der Waals surface area contributed by atoms with Crippen LogP contribution >= 0.6 is 0 Å². The molecule has 45 heavy (non-hydrogen) atoms. The highest BCUT2D eigenvalue weighted by Crippen LogP contribution is 2.38. The van der Waals surface area contributed by atoms with Crippen LogP contribution in [0.4, 0.5) is 13.6 Å². The zero-order valence-corrected chi connectivity index (χ0v) is 25.6. The molecule has 10 nitrogen and oxygen atoms in total. The van der Waals surface area contributed by atoms with Crippen molar-refractivity contribution < 1.29 is 41.7 Å². The summed E-state index contributed by atoms with van der Waals surface area (Å²) in [5.74, 6) is -0.791. The largest absolute Gasteiger partial charge is 0.497 e. The van der Waals surface area contributed by atoms with Crippen molar-refractivity contribution in [3.63, 3.8) is 0 Å². The number of primary amides is 1. The van der Waals surface area contributed by atoms with Crippen molar-refractivity contribution in [2.45, 2.75) is 46.4 Å². The molecule has 0 saturated carbocycles. The molecule has 0 spiro atoms. The number of amides is 2. The van der Waals surface area contributed by atoms with Crippen molar-refractivity contribution in [3.8, 4) is 28.7 Å². The number of halogens is 2. The third-order valence-corrected chi connectivity index (χ3v) is 6.64. The Balaban J connectivity index is 1.69. The quantitative estimate of drug-likeness (QED) is 0.178. The second kappa shape index (κ2) is 14.1. The molecule has 0 saturated heterocycles. The van der Waals surface area contributed by atoms with E-state index in [0.717, 1.165) is 17.7 Å². The van der Waals surface area contributed by atoms with E-state index in [1.807, 2.05) is 45.0 Å². The zero-order chi connectivity index (χ0) is 32.7. The lowest BCUT2D eigenvalue weighted by atomic mass is 9.88. The Kier molecular flexibility index (Phi) is 10.3. The fourth-order valence-corrected chi connectivity index (χ4v) is 4.45. The highest BCUT2D eigenvalue weighted by Gasteiger charge is 2.33. The van der Waals surface area contributed by atoms with Gasteiger partial charge in [0.05, 0.1) is 14.2 Å². The molecule has 0 aliphatic carbocycles. The van der Waals surface area contributed by atoms with Crippen molar-refractivity contribution in [1.29, 1.82) is 0 Å². The molecule has 12 heteroatoms. The number of benzene rings is 3. The van der Waals surface area contributed by atoms with E-state index < -0.39 is 29.7 Å². The van der Waals surface area contributed by atoms with E-state index in [0.29, 0.717) is 22.8 Å². The Morgan fingerprint density at radius 3 is 2.33 bits per heavy atom. The first kappa shape index (κ1) is 32.8. The summed E-state index contributed by atoms with van der Waals surface area (Å²) in [6.45, 7) is 5.69. The minimum Gasteiger partial charge on any atom is -0.497 e. The third kappa shape index (κ3) is 8.71. The number of nitrogens with two attached hydrogens (primary N) is 1. The average molecular weight is 624 g/mol. The zero-order valence-electron chi connectivity index (χ0n) is 25.6. The van der Waals surface area contributed by atoms with Crippen LogP contribution in [0.1, 0.15) is 60.7 Å². The Morgan fingerprint density at radius 1 is 0.978 bits per heavy atom. The lowest BCUT2D eigenvalue weighted by molar-refractivity contribution is 0.0635. The molecule has 3 N–H and O–H groups in total. The van der Waals surface area contributed by atoms with Crippen molar-refractivity contribution in [1.82, 2.24) is 10.3 Å². The van der Waals surface area contributed by atoms with Gasteiger partial charge in [0.25, 0.3) is 5.91 Å². The maximum Gasteiger partial charge on any atom is 0.405 e. The van der Waals surface area contributed by atoms with Crippen molar-refractivity contribution in [2.24, 2.45) is 11.1 Å². The van der Waals surface area contributed by atoms with Crippen LogP contribution in [0.2, 0.25) is 0 Å². The van der Waals surface area contributed by atoms with Crippen LogP contribution in [0.25, 0.3) is 11.5 Å². The summed E-state index contributed by atoms with van der Waals surface area (Å²) in [6.07, 6.45) is -1.91. The summed E-state index contributed by atoms with van der Waals surface area (Å²) in [6, 6.07) is 15.4. The van der Waals surface area contributed by atoms with E-state index in [2.05, 4.69) is 10.3 Å². The van der Waals surface area contributed by atoms with Gasteiger partial charge < -0.3 is 34.4 Å². The maximum atomic E-state index is 14.2. The number of aromatic nitrogens is 1. The average Bonchev–Trinajstić information content (AvgIpc) is 3.44. The van der Waals surface area contributed by atoms with E-state index >= 15 is 0 Å². The minimum atomic E-state index is -1.07. The van der Waals surface area contributed by atoms with Gasteiger partial charge in [0.1, 0.15) is 24.0 Å². The Labute approximate surface area is 259 Å². The molecule has 3 aromatic carbocycles. The van der Waals surface area contributed by atoms with Crippen LogP contribution in [-0.2, 0) is 17.9 Å². The van der Waals surface area contributed by atoms with E-state index in [1.54, 1.807) is 25.3 Å². The smallest absolute Gasteiger partial charge is 0.405 e. The van der Waals surface area contributed by atoms with Crippen molar-refractivity contribution >= 4 is 12.0 Å². The van der Waals surface area contributed by atoms with E-state index in [1.165, 1.54) is 13.2 Å². The van der Waals surface area contributed by atoms with E-state index in [9.17, 15) is 18.4 Å². The van der Waals surface area contributed by atoms with Crippen LogP contribution in [0, 0.1) is 17.0 Å². The van der Waals surface area contributed by atoms with Gasteiger partial charge in [0, 0.05) is 23.7 Å². The Hall–Kier alpha value is -5.13. The molecule has 0 aliphatic rings. The van der Waals surface area contributed by atoms with Crippen LogP contribution in [0.3, 0.4) is 0 Å². The summed E-state index contributed by atoms with van der Waals surface area (Å²) >= 11 is 0. The number of carbonyl (C=O) groups is 2. The second-order valence-electron chi connectivity index (χ2n) is 11.3. The Bertz CT molecular complexity index is 1650. The highest BCUT2D eigenvalue weighted by atomic mass is 19.1. The van der Waals surface area contributed by atoms with Gasteiger partial charge in [0.15, 0.2) is 29.1 Å². The van der Waals surface area contributed by atoms with Crippen molar-refractivity contribution in [2.75, 3.05) is 14.2 Å². The molecule has 4 rings (SSSR count). The lowest BCUT2D eigenvalue weighted by Gasteiger charge is -2.24. The van der Waals surface area contributed by atoms with Gasteiger partial charge in [-0.1, -0.05) is 39.0 Å². The fourth-order valence-electron chi connectivity index (χ4n) is 4.45. The number of ether oxygens (including phenoxy) is 4. The van der Waals surface area contributed by atoms with Gasteiger partial charge in [0.2, 0.25) is 5.89 Å². The second-order valence-corrected chi connectivity index (χ2v) is 11.3. The molecule has 0 radical (unpaired) electrons. The highest BCUT2D eigenvalue weighted by molar-refractivity contribution is 5.94. The molecule has 0 aliphatic heterocycles. The predicted molar refractivity (Wildman–Crippen MR) is 161 cm³/mol. The summed E-state index contributed by atoms with van der Waals surface area (Å²) < 4.78 is 55.8. The number of oxazole rings is 1. The van der Waals surface area contributed by atoms with Gasteiger partial charge in [-0.15, -0.1) is 0 Å². The number of hydrogen-bond acceptors (Lipinski definition) is 8. The number of carbonyl (C=O) groups excluding carboxylic acids is 2. The number of nitrogens with zero attached hydrogens (tertiary/aromatic N) is 1. The van der Waals surface area contributed by atoms with E-state index in [-0.39, 0.29) is 47.9 Å². The monoisotopic (exact) mass is 623 g/mol. The van der Waals surface area contributed by atoms with Crippen LogP contribution in [0.5, 0.6) is 17.2 Å². The first-order valence-electron chi connectivity index (χ1n) is 14.0. The SMILES string of the molecule is COc1ccc(COc2cc(-c3nc(C(=O)NCc4ccc(F)cc4F)c([C@H](CC(C)(C)C)OC(N)=O)o3)ccc2OC)cc1. The van der Waals surface area contributed by atoms with Crippen LogP contribution in [0.15, 0.2) is 65.1 Å². The third-order valence-electron chi connectivity index (χ3n) is 6.64. The maximum absolute atomic E-state index is 14.2. The summed E-state index contributed by atoms with van der Waals surface area (Å²) in [4.78, 5) is 29.8. The fraction of sp³-hybridized carbons (Fsp3) is 0.303. The van der Waals surface area contributed by atoms with Gasteiger partial charge in [-0.2, -0.15) is 0 Å². The lowest BCUT2D eigenvalue weighted by Crippen LogP contribution is -2.27. The normalized spacial score (nSPS) is 11.9. The van der Waals surface area contributed by atoms with Crippen LogP contribution < -0.4 is 25.3 Å². The first-order chi connectivity index (χ1) is 21.4. The summed E-state index contributed by atoms with van der Waals surface area (Å²) in [7, 11) is 3.09. The molecule has 0 unspecified atom stereocenters. The number of rotatable bonds is 12. The van der Waals surface area contributed by atoms with E-state index in [4.69, 9.17) is 29.1 Å². The van der Waals surface area contributed by atoms with Gasteiger partial charge in [-0.05, 0) is 53.8 Å². The summed E-state index contributed by atoms with van der Waals surface area (Å²) in [5.41, 5.74) is 6.16. The summed E-state index contributed by atoms with van der Waals surface area (Å²) in [5, 5.41) is 2.58. The molecular formula is C33H35F2N3O7. The predicted octanol–water partition coefficient (Wildman–Crippen LogP) is 6.72. The molecule has 0 bridgehead atoms.